The van der Waals surface area contributed by atoms with E-state index in [0.29, 0.717) is 24.3 Å². The molecule has 24 heavy (non-hydrogen) atoms. The van der Waals surface area contributed by atoms with Crippen molar-refractivity contribution in [2.24, 2.45) is 11.8 Å². The van der Waals surface area contributed by atoms with Crippen LogP contribution >= 0.6 is 0 Å². The summed E-state index contributed by atoms with van der Waals surface area (Å²) in [4.78, 5) is 29.0. The van der Waals surface area contributed by atoms with Crippen molar-refractivity contribution in [2.45, 2.75) is 70.9 Å². The lowest BCUT2D eigenvalue weighted by Crippen LogP contribution is -2.55. The van der Waals surface area contributed by atoms with E-state index < -0.39 is 0 Å². The second kappa shape index (κ2) is 7.85. The Kier molecular flexibility index (Phi) is 5.80. The Hall–Kier alpha value is -1.10. The Morgan fingerprint density at radius 2 is 1.62 bits per heavy atom. The fraction of sp³-hybridized carbons (Fsp3) is 0.895. The Morgan fingerprint density at radius 3 is 2.21 bits per heavy atom. The highest BCUT2D eigenvalue weighted by molar-refractivity contribution is 5.81. The van der Waals surface area contributed by atoms with Crippen molar-refractivity contribution in [3.8, 4) is 0 Å². The fourth-order valence-corrected chi connectivity index (χ4v) is 4.15. The lowest BCUT2D eigenvalue weighted by molar-refractivity contribution is -0.135. The van der Waals surface area contributed by atoms with Crippen LogP contribution in [0.3, 0.4) is 0 Å². The van der Waals surface area contributed by atoms with Crippen molar-refractivity contribution in [3.63, 3.8) is 0 Å². The summed E-state index contributed by atoms with van der Waals surface area (Å²) in [6.07, 6.45) is 8.02. The molecule has 0 radical (unpaired) electrons. The van der Waals surface area contributed by atoms with E-state index in [9.17, 15) is 9.59 Å². The zero-order valence-corrected chi connectivity index (χ0v) is 15.3. The van der Waals surface area contributed by atoms with Crippen LogP contribution in [-0.4, -0.2) is 59.9 Å². The van der Waals surface area contributed by atoms with E-state index >= 15 is 0 Å². The van der Waals surface area contributed by atoms with Crippen LogP contribution in [0, 0.1) is 11.8 Å². The first-order valence-corrected chi connectivity index (χ1v) is 9.87. The number of hydrogen-bond acceptors (Lipinski definition) is 3. The molecule has 1 saturated heterocycles. The minimum Gasteiger partial charge on any atom is -0.352 e. The third-order valence-electron chi connectivity index (χ3n) is 6.22. The summed E-state index contributed by atoms with van der Waals surface area (Å²) in [6.45, 7) is 7.35. The normalized spacial score (nSPS) is 25.5. The van der Waals surface area contributed by atoms with Gasteiger partial charge in [0, 0.05) is 38.6 Å². The van der Waals surface area contributed by atoms with Crippen LogP contribution in [0.5, 0.6) is 0 Å². The second-order valence-electron chi connectivity index (χ2n) is 8.10. The van der Waals surface area contributed by atoms with Crippen LogP contribution in [0.1, 0.15) is 58.8 Å². The molecular weight excluding hydrogens is 302 g/mol. The van der Waals surface area contributed by atoms with Crippen molar-refractivity contribution < 1.29 is 9.59 Å². The van der Waals surface area contributed by atoms with Crippen molar-refractivity contribution in [3.05, 3.63) is 0 Å². The molecule has 2 aliphatic carbocycles. The van der Waals surface area contributed by atoms with Gasteiger partial charge in [0.1, 0.15) is 0 Å². The maximum atomic E-state index is 12.4. The summed E-state index contributed by atoms with van der Waals surface area (Å²) < 4.78 is 0. The van der Waals surface area contributed by atoms with Gasteiger partial charge in [-0.1, -0.05) is 19.8 Å². The van der Waals surface area contributed by atoms with E-state index in [1.807, 2.05) is 11.8 Å². The third-order valence-corrected chi connectivity index (χ3v) is 6.22. The highest BCUT2D eigenvalue weighted by atomic mass is 16.2. The quantitative estimate of drug-likeness (QED) is 0.808. The summed E-state index contributed by atoms with van der Waals surface area (Å²) in [5.41, 5.74) is 0. The molecule has 2 atom stereocenters. The first-order valence-electron chi connectivity index (χ1n) is 9.87. The number of hydrogen-bond donors (Lipinski definition) is 1. The molecule has 0 aromatic carbocycles. The molecule has 0 aromatic rings. The SMILES string of the molecule is C[C@@H](CC(=O)N1CCN([C@@H](C)C(=O)NC2CCCC2)CC1)C1CC1. The van der Waals surface area contributed by atoms with Crippen LogP contribution in [0.15, 0.2) is 0 Å². The van der Waals surface area contributed by atoms with Gasteiger partial charge in [-0.3, -0.25) is 14.5 Å². The molecule has 0 spiro atoms. The molecule has 3 fully saturated rings. The fourth-order valence-electron chi connectivity index (χ4n) is 4.15. The first-order chi connectivity index (χ1) is 11.5. The largest absolute Gasteiger partial charge is 0.352 e. The topological polar surface area (TPSA) is 52.7 Å². The Morgan fingerprint density at radius 1 is 1.00 bits per heavy atom. The Labute approximate surface area is 146 Å². The van der Waals surface area contributed by atoms with Gasteiger partial charge in [0.05, 0.1) is 6.04 Å². The maximum Gasteiger partial charge on any atom is 0.237 e. The molecule has 0 unspecified atom stereocenters. The van der Waals surface area contributed by atoms with Crippen molar-refractivity contribution >= 4 is 11.8 Å². The van der Waals surface area contributed by atoms with Crippen LogP contribution < -0.4 is 5.32 Å². The van der Waals surface area contributed by atoms with Crippen LogP contribution in [-0.2, 0) is 9.59 Å². The summed E-state index contributed by atoms with van der Waals surface area (Å²) >= 11 is 0. The van der Waals surface area contributed by atoms with E-state index in [-0.39, 0.29) is 11.9 Å². The molecule has 1 aliphatic heterocycles. The minimum atomic E-state index is -0.0896. The maximum absolute atomic E-state index is 12.4. The standard InChI is InChI=1S/C19H33N3O2/c1-14(16-7-8-16)13-18(23)22-11-9-21(10-12-22)15(2)19(24)20-17-5-3-4-6-17/h14-17H,3-13H2,1-2H3,(H,20,24)/t14-,15-/m0/s1. The summed E-state index contributed by atoms with van der Waals surface area (Å²) in [7, 11) is 0. The molecule has 3 rings (SSSR count). The van der Waals surface area contributed by atoms with Gasteiger partial charge in [-0.05, 0) is 44.4 Å². The summed E-state index contributed by atoms with van der Waals surface area (Å²) in [5.74, 6) is 1.78. The van der Waals surface area contributed by atoms with Crippen LogP contribution in [0.2, 0.25) is 0 Å². The third kappa shape index (κ3) is 4.50. The number of nitrogens with zero attached hydrogens (tertiary/aromatic N) is 2. The van der Waals surface area contributed by atoms with Gasteiger partial charge in [-0.15, -0.1) is 0 Å². The Balaban J connectivity index is 1.40. The smallest absolute Gasteiger partial charge is 0.237 e. The number of rotatable bonds is 6. The Bertz CT molecular complexity index is 450. The summed E-state index contributed by atoms with van der Waals surface area (Å²) in [5, 5.41) is 3.19. The molecule has 5 nitrogen and oxygen atoms in total. The van der Waals surface area contributed by atoms with Gasteiger partial charge in [-0.2, -0.15) is 0 Å². The number of amides is 2. The van der Waals surface area contributed by atoms with Gasteiger partial charge < -0.3 is 10.2 Å². The average molecular weight is 335 g/mol. The number of piperazine rings is 1. The predicted octanol–water partition coefficient (Wildman–Crippen LogP) is 2.01. The molecule has 136 valence electrons. The molecule has 5 heteroatoms. The van der Waals surface area contributed by atoms with Gasteiger partial charge in [0.25, 0.3) is 0 Å². The second-order valence-corrected chi connectivity index (χ2v) is 8.10. The molecule has 3 aliphatic rings. The number of nitrogens with one attached hydrogen (secondary N) is 1. The van der Waals surface area contributed by atoms with Crippen molar-refractivity contribution in [1.82, 2.24) is 15.1 Å². The molecule has 2 amide bonds. The highest BCUT2D eigenvalue weighted by Crippen LogP contribution is 2.38. The molecule has 0 bridgehead atoms. The van der Waals surface area contributed by atoms with Crippen LogP contribution in [0.4, 0.5) is 0 Å². The molecular formula is C19H33N3O2. The van der Waals surface area contributed by atoms with Crippen molar-refractivity contribution in [1.29, 1.82) is 0 Å². The van der Waals surface area contributed by atoms with E-state index in [1.165, 1.54) is 25.7 Å². The minimum absolute atomic E-state index is 0.0896. The molecule has 2 saturated carbocycles. The van der Waals surface area contributed by atoms with Gasteiger partial charge >= 0.3 is 0 Å². The zero-order valence-electron chi connectivity index (χ0n) is 15.3. The predicted molar refractivity (Wildman–Crippen MR) is 94.5 cm³/mol. The zero-order chi connectivity index (χ0) is 17.1. The van der Waals surface area contributed by atoms with Crippen molar-refractivity contribution in [2.75, 3.05) is 26.2 Å². The van der Waals surface area contributed by atoms with E-state index in [0.717, 1.165) is 44.9 Å². The molecule has 1 N–H and O–H groups in total. The van der Waals surface area contributed by atoms with E-state index in [4.69, 9.17) is 0 Å². The lowest BCUT2D eigenvalue weighted by atomic mass is 10.0. The van der Waals surface area contributed by atoms with Crippen LogP contribution in [0.25, 0.3) is 0 Å². The van der Waals surface area contributed by atoms with E-state index in [2.05, 4.69) is 17.1 Å². The average Bonchev–Trinajstić information content (AvgIpc) is 3.32. The number of carbonyl (C=O) groups is 2. The van der Waals surface area contributed by atoms with Gasteiger partial charge in [-0.25, -0.2) is 0 Å². The number of carbonyl (C=O) groups excluding carboxylic acids is 2. The van der Waals surface area contributed by atoms with E-state index in [1.54, 1.807) is 0 Å². The van der Waals surface area contributed by atoms with Gasteiger partial charge in [0.15, 0.2) is 0 Å². The first kappa shape index (κ1) is 17.7. The highest BCUT2D eigenvalue weighted by Gasteiger charge is 2.32. The molecule has 0 aromatic heterocycles. The monoisotopic (exact) mass is 335 g/mol. The summed E-state index contributed by atoms with van der Waals surface area (Å²) in [6, 6.07) is 0.292. The van der Waals surface area contributed by atoms with Gasteiger partial charge in [0.2, 0.25) is 11.8 Å². The molecule has 1 heterocycles. The lowest BCUT2D eigenvalue weighted by Gasteiger charge is -2.38.